The fourth-order valence-corrected chi connectivity index (χ4v) is 2.04. The van der Waals surface area contributed by atoms with Crippen molar-refractivity contribution >= 4 is 15.9 Å². The van der Waals surface area contributed by atoms with Crippen LogP contribution in [0.5, 0.6) is 0 Å². The van der Waals surface area contributed by atoms with Crippen LogP contribution in [-0.2, 0) is 4.74 Å². The Labute approximate surface area is 85.0 Å². The summed E-state index contributed by atoms with van der Waals surface area (Å²) < 4.78 is 18.2. The van der Waals surface area contributed by atoms with Gasteiger partial charge >= 0.3 is 0 Å². The summed E-state index contributed by atoms with van der Waals surface area (Å²) in [5, 5.41) is 0.155. The molecule has 0 bridgehead atoms. The molecule has 1 nitrogen and oxygen atoms in total. The van der Waals surface area contributed by atoms with E-state index in [0.717, 1.165) is 18.4 Å². The summed E-state index contributed by atoms with van der Waals surface area (Å²) in [7, 11) is 0. The van der Waals surface area contributed by atoms with Crippen LogP contribution in [-0.4, -0.2) is 5.01 Å². The zero-order chi connectivity index (χ0) is 9.26. The molecule has 1 aliphatic rings. The Kier molecular flexibility index (Phi) is 2.65. The van der Waals surface area contributed by atoms with Gasteiger partial charge in [0.05, 0.1) is 6.10 Å². The number of alkyl halides is 1. The van der Waals surface area contributed by atoms with Crippen molar-refractivity contribution in [3.63, 3.8) is 0 Å². The molecule has 70 valence electrons. The molecule has 2 unspecified atom stereocenters. The Morgan fingerprint density at radius 3 is 2.46 bits per heavy atom. The van der Waals surface area contributed by atoms with Crippen molar-refractivity contribution in [2.45, 2.75) is 24.0 Å². The molecule has 0 saturated carbocycles. The Bertz CT molecular complexity index is 285. The third-order valence-corrected chi connectivity index (χ3v) is 2.88. The molecule has 0 amide bonds. The molecule has 1 aliphatic heterocycles. The van der Waals surface area contributed by atoms with Gasteiger partial charge in [0.2, 0.25) is 0 Å². The maximum atomic E-state index is 12.6. The van der Waals surface area contributed by atoms with E-state index < -0.39 is 0 Å². The zero-order valence-corrected chi connectivity index (χ0v) is 8.63. The van der Waals surface area contributed by atoms with Gasteiger partial charge in [0.1, 0.15) is 10.8 Å². The summed E-state index contributed by atoms with van der Waals surface area (Å²) in [4.78, 5) is 0. The molecule has 1 aromatic carbocycles. The molecular formula is C10H10BrFO. The number of halogens is 2. The summed E-state index contributed by atoms with van der Waals surface area (Å²) in [6.07, 6.45) is 2.15. The third-order valence-electron chi connectivity index (χ3n) is 2.21. The van der Waals surface area contributed by atoms with Crippen molar-refractivity contribution < 1.29 is 9.13 Å². The Balaban J connectivity index is 2.13. The molecule has 13 heavy (non-hydrogen) atoms. The quantitative estimate of drug-likeness (QED) is 0.689. The average molecular weight is 245 g/mol. The highest BCUT2D eigenvalue weighted by Gasteiger charge is 2.24. The van der Waals surface area contributed by atoms with E-state index in [1.165, 1.54) is 12.1 Å². The normalized spacial score (nSPS) is 27.8. The van der Waals surface area contributed by atoms with Crippen molar-refractivity contribution in [1.29, 1.82) is 0 Å². The summed E-state index contributed by atoms with van der Waals surface area (Å²) >= 11 is 3.39. The smallest absolute Gasteiger partial charge is 0.123 e. The van der Waals surface area contributed by atoms with Crippen molar-refractivity contribution in [2.75, 3.05) is 0 Å². The monoisotopic (exact) mass is 244 g/mol. The molecule has 2 atom stereocenters. The van der Waals surface area contributed by atoms with Gasteiger partial charge < -0.3 is 4.74 Å². The van der Waals surface area contributed by atoms with Crippen molar-refractivity contribution in [1.82, 2.24) is 0 Å². The van der Waals surface area contributed by atoms with Crippen molar-refractivity contribution in [3.05, 3.63) is 35.6 Å². The Morgan fingerprint density at radius 2 is 1.92 bits per heavy atom. The van der Waals surface area contributed by atoms with Gasteiger partial charge in [-0.2, -0.15) is 0 Å². The van der Waals surface area contributed by atoms with Gasteiger partial charge in [-0.3, -0.25) is 0 Å². The summed E-state index contributed by atoms with van der Waals surface area (Å²) in [5.74, 6) is -0.197. The van der Waals surface area contributed by atoms with Crippen LogP contribution in [0.2, 0.25) is 0 Å². The standard InChI is InChI=1S/C10H10BrFO/c11-10-6-5-9(13-10)7-1-3-8(12)4-2-7/h1-4,9-10H,5-6H2. The first-order valence-corrected chi connectivity index (χ1v) is 5.22. The van der Waals surface area contributed by atoms with Gasteiger partial charge in [0.15, 0.2) is 0 Å². The van der Waals surface area contributed by atoms with Gasteiger partial charge in [-0.15, -0.1) is 0 Å². The second-order valence-electron chi connectivity index (χ2n) is 3.16. The van der Waals surface area contributed by atoms with Crippen LogP contribution in [0.15, 0.2) is 24.3 Å². The Morgan fingerprint density at radius 1 is 1.23 bits per heavy atom. The maximum absolute atomic E-state index is 12.6. The fraction of sp³-hybridized carbons (Fsp3) is 0.400. The second kappa shape index (κ2) is 3.76. The first-order valence-electron chi connectivity index (χ1n) is 4.31. The number of ether oxygens (including phenoxy) is 1. The SMILES string of the molecule is Fc1ccc(C2CCC(Br)O2)cc1. The lowest BCUT2D eigenvalue weighted by Gasteiger charge is -2.09. The summed E-state index contributed by atoms with van der Waals surface area (Å²) in [5.41, 5.74) is 1.06. The van der Waals surface area contributed by atoms with Crippen LogP contribution < -0.4 is 0 Å². The highest BCUT2D eigenvalue weighted by atomic mass is 79.9. The van der Waals surface area contributed by atoms with Gasteiger partial charge in [0.25, 0.3) is 0 Å². The summed E-state index contributed by atoms with van der Waals surface area (Å²) in [6.45, 7) is 0. The van der Waals surface area contributed by atoms with Gasteiger partial charge in [0, 0.05) is 0 Å². The zero-order valence-electron chi connectivity index (χ0n) is 7.04. The van der Waals surface area contributed by atoms with E-state index in [2.05, 4.69) is 15.9 Å². The number of hydrogen-bond acceptors (Lipinski definition) is 1. The minimum absolute atomic E-state index is 0.130. The number of benzene rings is 1. The first kappa shape index (κ1) is 9.16. The minimum Gasteiger partial charge on any atom is -0.359 e. The largest absolute Gasteiger partial charge is 0.359 e. The topological polar surface area (TPSA) is 9.23 Å². The molecule has 0 spiro atoms. The van der Waals surface area contributed by atoms with E-state index in [1.54, 1.807) is 12.1 Å². The van der Waals surface area contributed by atoms with E-state index in [9.17, 15) is 4.39 Å². The molecule has 1 fully saturated rings. The van der Waals surface area contributed by atoms with E-state index in [-0.39, 0.29) is 16.9 Å². The van der Waals surface area contributed by atoms with Gasteiger partial charge in [-0.1, -0.05) is 28.1 Å². The van der Waals surface area contributed by atoms with E-state index in [4.69, 9.17) is 4.74 Å². The number of rotatable bonds is 1. The molecule has 1 saturated heterocycles. The molecule has 3 heteroatoms. The maximum Gasteiger partial charge on any atom is 0.123 e. The lowest BCUT2D eigenvalue weighted by atomic mass is 10.1. The van der Waals surface area contributed by atoms with Crippen LogP contribution in [0.3, 0.4) is 0 Å². The predicted molar refractivity (Wildman–Crippen MR) is 52.2 cm³/mol. The Hall–Kier alpha value is -0.410. The van der Waals surface area contributed by atoms with E-state index in [1.807, 2.05) is 0 Å². The molecule has 1 aromatic rings. The second-order valence-corrected chi connectivity index (χ2v) is 4.18. The van der Waals surface area contributed by atoms with Crippen LogP contribution >= 0.6 is 15.9 Å². The lowest BCUT2D eigenvalue weighted by molar-refractivity contribution is 0.0962. The van der Waals surface area contributed by atoms with Crippen LogP contribution in [0.4, 0.5) is 4.39 Å². The number of hydrogen-bond donors (Lipinski definition) is 0. The molecule has 1 heterocycles. The highest BCUT2D eigenvalue weighted by Crippen LogP contribution is 2.34. The van der Waals surface area contributed by atoms with E-state index >= 15 is 0 Å². The highest BCUT2D eigenvalue weighted by molar-refractivity contribution is 9.09. The molecule has 0 aliphatic carbocycles. The van der Waals surface area contributed by atoms with Gasteiger partial charge in [-0.25, -0.2) is 4.39 Å². The molecule has 2 rings (SSSR count). The van der Waals surface area contributed by atoms with Crippen LogP contribution in [0.1, 0.15) is 24.5 Å². The predicted octanol–water partition coefficient (Wildman–Crippen LogP) is 3.40. The lowest BCUT2D eigenvalue weighted by Crippen LogP contribution is -1.98. The van der Waals surface area contributed by atoms with Crippen molar-refractivity contribution in [2.24, 2.45) is 0 Å². The van der Waals surface area contributed by atoms with Crippen molar-refractivity contribution in [3.8, 4) is 0 Å². The van der Waals surface area contributed by atoms with Crippen LogP contribution in [0, 0.1) is 5.82 Å². The molecular weight excluding hydrogens is 235 g/mol. The molecule has 0 radical (unpaired) electrons. The molecule has 0 aromatic heterocycles. The fourth-order valence-electron chi connectivity index (χ4n) is 1.52. The van der Waals surface area contributed by atoms with E-state index in [0.29, 0.717) is 0 Å². The van der Waals surface area contributed by atoms with Gasteiger partial charge in [-0.05, 0) is 30.5 Å². The third kappa shape index (κ3) is 2.09. The average Bonchev–Trinajstić information content (AvgIpc) is 2.53. The minimum atomic E-state index is -0.197. The summed E-state index contributed by atoms with van der Waals surface area (Å²) in [6, 6.07) is 6.51. The molecule has 0 N–H and O–H groups in total. The first-order chi connectivity index (χ1) is 6.25. The van der Waals surface area contributed by atoms with Crippen LogP contribution in [0.25, 0.3) is 0 Å².